The highest BCUT2D eigenvalue weighted by Gasteiger charge is 2.41. The van der Waals surface area contributed by atoms with Gasteiger partial charge in [-0.25, -0.2) is 0 Å². The van der Waals surface area contributed by atoms with Crippen molar-refractivity contribution in [3.05, 3.63) is 59.7 Å². The van der Waals surface area contributed by atoms with Crippen LogP contribution in [0, 0.1) is 0 Å². The Balaban J connectivity index is 1.64. The van der Waals surface area contributed by atoms with Crippen LogP contribution in [0.15, 0.2) is 48.5 Å². The van der Waals surface area contributed by atoms with Gasteiger partial charge in [0, 0.05) is 19.1 Å². The summed E-state index contributed by atoms with van der Waals surface area (Å²) in [5, 5.41) is 3.10. The van der Waals surface area contributed by atoms with Crippen LogP contribution in [-0.4, -0.2) is 39.4 Å². The fraction of sp³-hybridized carbons (Fsp3) is 0.350. The lowest BCUT2D eigenvalue weighted by molar-refractivity contribution is 0.0942. The van der Waals surface area contributed by atoms with Crippen molar-refractivity contribution < 1.29 is 19.0 Å². The largest absolute Gasteiger partial charge is 0.496 e. The van der Waals surface area contributed by atoms with Gasteiger partial charge >= 0.3 is 0 Å². The number of ether oxygens (including phenoxy) is 3. The minimum atomic E-state index is -0.115. The summed E-state index contributed by atoms with van der Waals surface area (Å²) >= 11 is 0. The van der Waals surface area contributed by atoms with Gasteiger partial charge in [0.15, 0.2) is 0 Å². The Morgan fingerprint density at radius 2 is 1.76 bits per heavy atom. The quantitative estimate of drug-likeness (QED) is 0.750. The molecule has 5 heteroatoms. The number of rotatable bonds is 8. The van der Waals surface area contributed by atoms with Crippen LogP contribution in [0.2, 0.25) is 0 Å². The van der Waals surface area contributed by atoms with E-state index in [1.54, 1.807) is 26.4 Å². The smallest absolute Gasteiger partial charge is 0.255 e. The highest BCUT2D eigenvalue weighted by molar-refractivity contribution is 5.97. The molecule has 132 valence electrons. The second kappa shape index (κ2) is 8.03. The molecule has 2 aromatic carbocycles. The van der Waals surface area contributed by atoms with E-state index in [2.05, 4.69) is 11.4 Å². The van der Waals surface area contributed by atoms with Crippen molar-refractivity contribution in [2.24, 2.45) is 0 Å². The first-order valence-electron chi connectivity index (χ1n) is 8.39. The van der Waals surface area contributed by atoms with Gasteiger partial charge in [0.2, 0.25) is 0 Å². The van der Waals surface area contributed by atoms with Gasteiger partial charge in [-0.2, -0.15) is 0 Å². The second-order valence-electron chi connectivity index (χ2n) is 6.00. The summed E-state index contributed by atoms with van der Waals surface area (Å²) in [6.45, 7) is 0.891. The molecule has 0 saturated heterocycles. The number of hydrogen-bond donors (Lipinski definition) is 1. The molecule has 0 heterocycles. The summed E-state index contributed by atoms with van der Waals surface area (Å²) in [5.41, 5.74) is 1.68. The Kier molecular flexibility index (Phi) is 5.56. The molecule has 1 N–H and O–H groups in total. The van der Waals surface area contributed by atoms with E-state index in [0.717, 1.165) is 17.7 Å². The Morgan fingerprint density at radius 3 is 2.52 bits per heavy atom. The maximum absolute atomic E-state index is 12.6. The monoisotopic (exact) mass is 341 g/mol. The Morgan fingerprint density at radius 1 is 1.04 bits per heavy atom. The van der Waals surface area contributed by atoms with Gasteiger partial charge in [-0.15, -0.1) is 0 Å². The molecule has 1 amide bonds. The van der Waals surface area contributed by atoms with Crippen molar-refractivity contribution in [1.82, 2.24) is 5.32 Å². The molecule has 0 aliphatic heterocycles. The number of carbonyl (C=O) groups excluding carboxylic acids is 1. The molecule has 2 aromatic rings. The van der Waals surface area contributed by atoms with E-state index in [1.807, 2.05) is 30.3 Å². The molecular formula is C20H23NO4. The summed E-state index contributed by atoms with van der Waals surface area (Å²) < 4.78 is 16.0. The highest BCUT2D eigenvalue weighted by atomic mass is 16.5. The lowest BCUT2D eigenvalue weighted by atomic mass is 10.1. The minimum absolute atomic E-state index is 0.115. The molecule has 3 rings (SSSR count). The summed E-state index contributed by atoms with van der Waals surface area (Å²) in [6.07, 6.45) is 0.915. The summed E-state index contributed by atoms with van der Waals surface area (Å²) in [7, 11) is 3.29. The molecule has 25 heavy (non-hydrogen) atoms. The standard InChI is InChI=1S/C20H23NO4/c1-23-11-12-25-19-10-6-4-8-15(19)20(22)21-17-13-16(17)14-7-3-5-9-18(14)24-2/h3-10,16-17H,11-13H2,1-2H3,(H,21,22)/t16-,17+/m0/s1. The van der Waals surface area contributed by atoms with E-state index in [1.165, 1.54) is 0 Å². The van der Waals surface area contributed by atoms with Crippen LogP contribution in [0.5, 0.6) is 11.5 Å². The summed E-state index contributed by atoms with van der Waals surface area (Å²) in [6, 6.07) is 15.3. The molecule has 2 atom stereocenters. The third-order valence-corrected chi connectivity index (χ3v) is 4.32. The molecule has 0 spiro atoms. The van der Waals surface area contributed by atoms with Crippen LogP contribution in [-0.2, 0) is 4.74 Å². The molecule has 1 aliphatic rings. The van der Waals surface area contributed by atoms with E-state index in [-0.39, 0.29) is 11.9 Å². The fourth-order valence-corrected chi connectivity index (χ4v) is 2.93. The topological polar surface area (TPSA) is 56.8 Å². The molecular weight excluding hydrogens is 318 g/mol. The third-order valence-electron chi connectivity index (χ3n) is 4.32. The molecule has 0 radical (unpaired) electrons. The zero-order chi connectivity index (χ0) is 17.6. The van der Waals surface area contributed by atoms with Crippen LogP contribution < -0.4 is 14.8 Å². The van der Waals surface area contributed by atoms with E-state index < -0.39 is 0 Å². The number of hydrogen-bond acceptors (Lipinski definition) is 4. The van der Waals surface area contributed by atoms with Gasteiger partial charge in [0.1, 0.15) is 18.1 Å². The van der Waals surface area contributed by atoms with E-state index in [4.69, 9.17) is 14.2 Å². The number of para-hydroxylation sites is 2. The van der Waals surface area contributed by atoms with Crippen molar-refractivity contribution in [2.45, 2.75) is 18.4 Å². The highest BCUT2D eigenvalue weighted by Crippen LogP contribution is 2.44. The Bertz CT molecular complexity index is 731. The maximum Gasteiger partial charge on any atom is 0.255 e. The number of benzene rings is 2. The summed E-state index contributed by atoms with van der Waals surface area (Å²) in [5.74, 6) is 1.62. The van der Waals surface area contributed by atoms with Crippen LogP contribution in [0.25, 0.3) is 0 Å². The Hall–Kier alpha value is -2.53. The Labute approximate surface area is 147 Å². The molecule has 1 aliphatic carbocycles. The summed E-state index contributed by atoms with van der Waals surface area (Å²) in [4.78, 5) is 12.6. The number of nitrogens with one attached hydrogen (secondary N) is 1. The molecule has 1 saturated carbocycles. The van der Waals surface area contributed by atoms with Crippen LogP contribution in [0.1, 0.15) is 28.3 Å². The van der Waals surface area contributed by atoms with Gasteiger partial charge < -0.3 is 19.5 Å². The first-order chi connectivity index (χ1) is 12.2. The van der Waals surface area contributed by atoms with Crippen molar-refractivity contribution in [1.29, 1.82) is 0 Å². The van der Waals surface area contributed by atoms with E-state index >= 15 is 0 Å². The molecule has 1 fully saturated rings. The van der Waals surface area contributed by atoms with E-state index in [0.29, 0.717) is 30.4 Å². The van der Waals surface area contributed by atoms with Crippen molar-refractivity contribution in [3.63, 3.8) is 0 Å². The number of methoxy groups -OCH3 is 2. The average Bonchev–Trinajstić information content (AvgIpc) is 3.41. The number of carbonyl (C=O) groups is 1. The first-order valence-corrected chi connectivity index (χ1v) is 8.39. The minimum Gasteiger partial charge on any atom is -0.496 e. The second-order valence-corrected chi connectivity index (χ2v) is 6.00. The number of amides is 1. The van der Waals surface area contributed by atoms with Crippen LogP contribution in [0.4, 0.5) is 0 Å². The predicted octanol–water partition coefficient (Wildman–Crippen LogP) is 3.01. The fourth-order valence-electron chi connectivity index (χ4n) is 2.93. The van der Waals surface area contributed by atoms with E-state index in [9.17, 15) is 4.79 Å². The molecule has 5 nitrogen and oxygen atoms in total. The molecule has 0 unspecified atom stereocenters. The maximum atomic E-state index is 12.6. The lowest BCUT2D eigenvalue weighted by Gasteiger charge is -2.12. The van der Waals surface area contributed by atoms with Gasteiger partial charge in [-0.05, 0) is 30.2 Å². The van der Waals surface area contributed by atoms with Crippen molar-refractivity contribution in [3.8, 4) is 11.5 Å². The van der Waals surface area contributed by atoms with Gasteiger partial charge in [-0.1, -0.05) is 30.3 Å². The third kappa shape index (κ3) is 4.12. The van der Waals surface area contributed by atoms with Gasteiger partial charge in [0.05, 0.1) is 19.3 Å². The van der Waals surface area contributed by atoms with Gasteiger partial charge in [-0.3, -0.25) is 4.79 Å². The normalized spacial score (nSPS) is 18.5. The molecule has 0 aromatic heterocycles. The van der Waals surface area contributed by atoms with Gasteiger partial charge in [0.25, 0.3) is 5.91 Å². The van der Waals surface area contributed by atoms with Crippen molar-refractivity contribution >= 4 is 5.91 Å². The van der Waals surface area contributed by atoms with Crippen LogP contribution in [0.3, 0.4) is 0 Å². The zero-order valence-electron chi connectivity index (χ0n) is 14.5. The first kappa shape index (κ1) is 17.3. The predicted molar refractivity (Wildman–Crippen MR) is 95.4 cm³/mol. The van der Waals surface area contributed by atoms with Crippen LogP contribution >= 0.6 is 0 Å². The SMILES string of the molecule is COCCOc1ccccc1C(=O)N[C@@H]1C[C@H]1c1ccccc1OC. The zero-order valence-corrected chi connectivity index (χ0v) is 14.5. The molecule has 0 bridgehead atoms. The lowest BCUT2D eigenvalue weighted by Crippen LogP contribution is -2.27. The average molecular weight is 341 g/mol. The van der Waals surface area contributed by atoms with Crippen molar-refractivity contribution in [2.75, 3.05) is 27.4 Å².